The second-order valence-electron chi connectivity index (χ2n) is 5.96. The van der Waals surface area contributed by atoms with Crippen molar-refractivity contribution in [1.82, 2.24) is 9.97 Å². The van der Waals surface area contributed by atoms with Crippen LogP contribution >= 0.6 is 11.3 Å². The molecular formula is C19H19N3O2S. The summed E-state index contributed by atoms with van der Waals surface area (Å²) in [5.41, 5.74) is 5.02. The molecule has 3 rings (SSSR count). The SMILES string of the molecule is CC(=O)c1c(C)[nH]c(C(=O)Nc2ccc(-c3csc(C)n3)cc2)c1C. The normalized spacial score (nSPS) is 10.7. The fourth-order valence-electron chi connectivity index (χ4n) is 2.92. The van der Waals surface area contributed by atoms with Crippen LogP contribution in [0.5, 0.6) is 0 Å². The molecular weight excluding hydrogens is 334 g/mol. The lowest BCUT2D eigenvalue weighted by Gasteiger charge is -2.06. The topological polar surface area (TPSA) is 74.8 Å². The highest BCUT2D eigenvalue weighted by Gasteiger charge is 2.19. The van der Waals surface area contributed by atoms with E-state index < -0.39 is 0 Å². The van der Waals surface area contributed by atoms with Gasteiger partial charge in [-0.25, -0.2) is 4.98 Å². The third-order valence-electron chi connectivity index (χ3n) is 4.07. The van der Waals surface area contributed by atoms with Crippen molar-refractivity contribution >= 4 is 28.7 Å². The number of Topliss-reactive ketones (excluding diaryl/α,β-unsaturated/α-hetero) is 1. The van der Waals surface area contributed by atoms with Crippen LogP contribution in [0.2, 0.25) is 0 Å². The number of aromatic nitrogens is 2. The molecule has 2 aromatic heterocycles. The summed E-state index contributed by atoms with van der Waals surface area (Å²) >= 11 is 1.61. The summed E-state index contributed by atoms with van der Waals surface area (Å²) in [5, 5.41) is 5.89. The average molecular weight is 353 g/mol. The first kappa shape index (κ1) is 17.1. The van der Waals surface area contributed by atoms with Crippen molar-refractivity contribution in [2.75, 3.05) is 5.32 Å². The van der Waals surface area contributed by atoms with Crippen LogP contribution in [-0.2, 0) is 0 Å². The van der Waals surface area contributed by atoms with Crippen molar-refractivity contribution < 1.29 is 9.59 Å². The predicted molar refractivity (Wildman–Crippen MR) is 101 cm³/mol. The van der Waals surface area contributed by atoms with Gasteiger partial charge in [-0.15, -0.1) is 11.3 Å². The van der Waals surface area contributed by atoms with E-state index >= 15 is 0 Å². The molecule has 2 N–H and O–H groups in total. The third kappa shape index (κ3) is 3.39. The number of carbonyl (C=O) groups excluding carboxylic acids is 2. The second kappa shape index (κ2) is 6.64. The first-order valence-electron chi connectivity index (χ1n) is 7.91. The van der Waals surface area contributed by atoms with E-state index in [4.69, 9.17) is 0 Å². The van der Waals surface area contributed by atoms with Crippen LogP contribution in [-0.4, -0.2) is 21.7 Å². The van der Waals surface area contributed by atoms with Gasteiger partial charge in [-0.05, 0) is 45.4 Å². The lowest BCUT2D eigenvalue weighted by atomic mass is 10.1. The van der Waals surface area contributed by atoms with Gasteiger partial charge in [0.2, 0.25) is 0 Å². The summed E-state index contributed by atoms with van der Waals surface area (Å²) in [6, 6.07) is 7.55. The molecule has 0 bridgehead atoms. The van der Waals surface area contributed by atoms with Crippen molar-refractivity contribution in [3.05, 3.63) is 57.2 Å². The van der Waals surface area contributed by atoms with Crippen LogP contribution in [0.25, 0.3) is 11.3 Å². The Bertz CT molecular complexity index is 952. The molecule has 0 aliphatic heterocycles. The van der Waals surface area contributed by atoms with E-state index in [1.165, 1.54) is 6.92 Å². The molecule has 0 saturated heterocycles. The molecule has 0 saturated carbocycles. The molecule has 0 atom stereocenters. The lowest BCUT2D eigenvalue weighted by Crippen LogP contribution is -2.13. The molecule has 1 aromatic carbocycles. The highest BCUT2D eigenvalue weighted by atomic mass is 32.1. The maximum atomic E-state index is 12.5. The van der Waals surface area contributed by atoms with Crippen LogP contribution in [0.1, 0.15) is 44.0 Å². The molecule has 0 unspecified atom stereocenters. The number of hydrogen-bond acceptors (Lipinski definition) is 4. The quantitative estimate of drug-likeness (QED) is 0.677. The molecule has 1 amide bonds. The number of benzene rings is 1. The molecule has 25 heavy (non-hydrogen) atoms. The first-order valence-corrected chi connectivity index (χ1v) is 8.78. The number of ketones is 1. The number of hydrogen-bond donors (Lipinski definition) is 2. The number of nitrogens with one attached hydrogen (secondary N) is 2. The van der Waals surface area contributed by atoms with Gasteiger partial charge in [0.25, 0.3) is 5.91 Å². The molecule has 3 aromatic rings. The smallest absolute Gasteiger partial charge is 0.272 e. The molecule has 0 fully saturated rings. The Labute approximate surface area is 150 Å². The van der Waals surface area contributed by atoms with Crippen LogP contribution in [0.15, 0.2) is 29.6 Å². The zero-order chi connectivity index (χ0) is 18.1. The average Bonchev–Trinajstić information content (AvgIpc) is 3.11. The molecule has 0 radical (unpaired) electrons. The summed E-state index contributed by atoms with van der Waals surface area (Å²) < 4.78 is 0. The number of aromatic amines is 1. The Morgan fingerprint density at radius 2 is 1.80 bits per heavy atom. The maximum Gasteiger partial charge on any atom is 0.272 e. The number of nitrogens with zero attached hydrogens (tertiary/aromatic N) is 1. The van der Waals surface area contributed by atoms with Gasteiger partial charge in [0.1, 0.15) is 5.69 Å². The number of aryl methyl sites for hydroxylation is 2. The number of anilines is 1. The van der Waals surface area contributed by atoms with Gasteiger partial charge in [0.05, 0.1) is 10.7 Å². The fourth-order valence-corrected chi connectivity index (χ4v) is 3.54. The van der Waals surface area contributed by atoms with Crippen molar-refractivity contribution in [3.63, 3.8) is 0 Å². The van der Waals surface area contributed by atoms with E-state index in [0.29, 0.717) is 28.2 Å². The Kier molecular flexibility index (Phi) is 4.55. The minimum absolute atomic E-state index is 0.0480. The van der Waals surface area contributed by atoms with Gasteiger partial charge in [0.15, 0.2) is 5.78 Å². The van der Waals surface area contributed by atoms with E-state index in [1.54, 1.807) is 25.2 Å². The van der Waals surface area contributed by atoms with Gasteiger partial charge in [-0.2, -0.15) is 0 Å². The third-order valence-corrected chi connectivity index (χ3v) is 4.85. The van der Waals surface area contributed by atoms with Crippen molar-refractivity contribution in [2.45, 2.75) is 27.7 Å². The molecule has 0 spiro atoms. The van der Waals surface area contributed by atoms with Gasteiger partial charge in [0, 0.05) is 27.9 Å². The summed E-state index contributed by atoms with van der Waals surface area (Å²) in [7, 11) is 0. The zero-order valence-corrected chi connectivity index (χ0v) is 15.4. The van der Waals surface area contributed by atoms with Crippen LogP contribution in [0.3, 0.4) is 0 Å². The standard InChI is InChI=1S/C19H19N3O2S/c1-10-17(12(3)23)11(2)20-18(10)19(24)22-15-7-5-14(6-8-15)16-9-25-13(4)21-16/h5-9,20H,1-4H3,(H,22,24). The summed E-state index contributed by atoms with van der Waals surface area (Å²) in [4.78, 5) is 31.7. The van der Waals surface area contributed by atoms with Gasteiger partial charge >= 0.3 is 0 Å². The van der Waals surface area contributed by atoms with Crippen molar-refractivity contribution in [2.24, 2.45) is 0 Å². The number of carbonyl (C=O) groups is 2. The molecule has 0 aliphatic carbocycles. The van der Waals surface area contributed by atoms with E-state index in [1.807, 2.05) is 36.6 Å². The number of thiazole rings is 1. The highest BCUT2D eigenvalue weighted by Crippen LogP contribution is 2.24. The molecule has 6 heteroatoms. The van der Waals surface area contributed by atoms with Gasteiger partial charge in [-0.1, -0.05) is 12.1 Å². The van der Waals surface area contributed by atoms with E-state index in [-0.39, 0.29) is 11.7 Å². The minimum Gasteiger partial charge on any atom is -0.354 e. The van der Waals surface area contributed by atoms with E-state index in [9.17, 15) is 9.59 Å². The van der Waals surface area contributed by atoms with Crippen molar-refractivity contribution in [1.29, 1.82) is 0 Å². The Morgan fingerprint density at radius 3 is 2.32 bits per heavy atom. The molecule has 128 valence electrons. The van der Waals surface area contributed by atoms with Gasteiger partial charge < -0.3 is 10.3 Å². The number of H-pyrrole nitrogens is 1. The second-order valence-corrected chi connectivity index (χ2v) is 7.03. The van der Waals surface area contributed by atoms with Crippen LogP contribution < -0.4 is 5.32 Å². The largest absolute Gasteiger partial charge is 0.354 e. The Morgan fingerprint density at radius 1 is 1.12 bits per heavy atom. The van der Waals surface area contributed by atoms with Gasteiger partial charge in [-0.3, -0.25) is 9.59 Å². The first-order chi connectivity index (χ1) is 11.9. The molecule has 2 heterocycles. The minimum atomic E-state index is -0.259. The molecule has 5 nitrogen and oxygen atoms in total. The monoisotopic (exact) mass is 353 g/mol. The zero-order valence-electron chi connectivity index (χ0n) is 14.6. The maximum absolute atomic E-state index is 12.5. The lowest BCUT2D eigenvalue weighted by molar-refractivity contribution is 0.101. The highest BCUT2D eigenvalue weighted by molar-refractivity contribution is 7.09. The van der Waals surface area contributed by atoms with Crippen LogP contribution in [0, 0.1) is 20.8 Å². The predicted octanol–water partition coefficient (Wildman–Crippen LogP) is 4.52. The summed E-state index contributed by atoms with van der Waals surface area (Å²) in [6.07, 6.45) is 0. The summed E-state index contributed by atoms with van der Waals surface area (Å²) in [6.45, 7) is 7.05. The van der Waals surface area contributed by atoms with E-state index in [2.05, 4.69) is 15.3 Å². The van der Waals surface area contributed by atoms with Crippen molar-refractivity contribution in [3.8, 4) is 11.3 Å². The molecule has 0 aliphatic rings. The summed E-state index contributed by atoms with van der Waals surface area (Å²) in [5.74, 6) is -0.307. The van der Waals surface area contributed by atoms with Crippen LogP contribution in [0.4, 0.5) is 5.69 Å². The number of amides is 1. The Balaban J connectivity index is 1.80. The fraction of sp³-hybridized carbons (Fsp3) is 0.211. The van der Waals surface area contributed by atoms with E-state index in [0.717, 1.165) is 16.3 Å². The Hall–Kier alpha value is -2.73. The number of rotatable bonds is 4.